The number of nitrogens with zero attached hydrogens (tertiary/aromatic N) is 3. The van der Waals surface area contributed by atoms with Crippen molar-refractivity contribution in [2.75, 3.05) is 18.0 Å². The number of piperidine rings is 1. The minimum Gasteiger partial charge on any atom is -0.409 e. The number of anilines is 1. The summed E-state index contributed by atoms with van der Waals surface area (Å²) in [7, 11) is 0. The summed E-state index contributed by atoms with van der Waals surface area (Å²) in [5.74, 6) is 0.440. The first-order valence-corrected chi connectivity index (χ1v) is 6.48. The molecular weight excluding hydrogens is 244 g/mol. The first-order chi connectivity index (χ1) is 9.13. The zero-order valence-electron chi connectivity index (χ0n) is 11.0. The Kier molecular flexibility index (Phi) is 4.21. The Balaban J connectivity index is 2.16. The number of aliphatic hydroxyl groups excluding tert-OH is 1. The van der Waals surface area contributed by atoms with Crippen LogP contribution in [0.4, 0.5) is 5.69 Å². The SMILES string of the molecule is CC(O)C1CCN(c2cnccc2/C(N)=N/O)CC1. The molecule has 0 spiro atoms. The zero-order chi connectivity index (χ0) is 13.8. The highest BCUT2D eigenvalue weighted by Gasteiger charge is 2.24. The molecule has 2 heterocycles. The number of hydrogen-bond donors (Lipinski definition) is 3. The molecule has 0 aliphatic carbocycles. The van der Waals surface area contributed by atoms with Crippen LogP contribution in [-0.4, -0.2) is 40.3 Å². The Morgan fingerprint density at radius 1 is 1.53 bits per heavy atom. The Labute approximate surface area is 112 Å². The summed E-state index contributed by atoms with van der Waals surface area (Å²) >= 11 is 0. The van der Waals surface area contributed by atoms with Crippen LogP contribution in [0.1, 0.15) is 25.3 Å². The van der Waals surface area contributed by atoms with Crippen molar-refractivity contribution in [2.45, 2.75) is 25.9 Å². The van der Waals surface area contributed by atoms with E-state index in [0.29, 0.717) is 11.5 Å². The Hall–Kier alpha value is -1.82. The van der Waals surface area contributed by atoms with Gasteiger partial charge in [-0.25, -0.2) is 0 Å². The normalized spacial score (nSPS) is 19.5. The molecule has 19 heavy (non-hydrogen) atoms. The van der Waals surface area contributed by atoms with E-state index in [-0.39, 0.29) is 11.9 Å². The minimum atomic E-state index is -0.264. The van der Waals surface area contributed by atoms with Crippen molar-refractivity contribution in [2.24, 2.45) is 16.8 Å². The molecule has 1 unspecified atom stereocenters. The number of nitrogens with two attached hydrogens (primary N) is 1. The number of aliphatic hydroxyl groups is 1. The molecule has 104 valence electrons. The van der Waals surface area contributed by atoms with Gasteiger partial charge in [0.25, 0.3) is 0 Å². The standard InChI is InChI=1S/C13H20N4O2/c1-9(18)10-3-6-17(7-4-10)12-8-15-5-2-11(12)13(14)16-19/h2,5,8-10,18-19H,3-4,6-7H2,1H3,(H2,14,16). The predicted molar refractivity (Wildman–Crippen MR) is 73.4 cm³/mol. The van der Waals surface area contributed by atoms with Gasteiger partial charge in [0.2, 0.25) is 0 Å². The van der Waals surface area contributed by atoms with E-state index in [2.05, 4.69) is 15.0 Å². The molecule has 0 bridgehead atoms. The Bertz CT molecular complexity index is 454. The molecule has 1 saturated heterocycles. The van der Waals surface area contributed by atoms with Gasteiger partial charge in [-0.05, 0) is 31.7 Å². The van der Waals surface area contributed by atoms with Crippen LogP contribution in [0.2, 0.25) is 0 Å². The summed E-state index contributed by atoms with van der Waals surface area (Å²) in [4.78, 5) is 6.27. The van der Waals surface area contributed by atoms with Crippen molar-refractivity contribution in [3.8, 4) is 0 Å². The molecule has 6 nitrogen and oxygen atoms in total. The highest BCUT2D eigenvalue weighted by molar-refractivity contribution is 6.02. The van der Waals surface area contributed by atoms with E-state index < -0.39 is 0 Å². The van der Waals surface area contributed by atoms with Gasteiger partial charge in [0.15, 0.2) is 5.84 Å². The molecule has 1 atom stereocenters. The van der Waals surface area contributed by atoms with E-state index >= 15 is 0 Å². The number of amidine groups is 1. The molecule has 1 aliphatic rings. The van der Waals surface area contributed by atoms with Crippen LogP contribution in [0, 0.1) is 5.92 Å². The zero-order valence-corrected chi connectivity index (χ0v) is 11.0. The van der Waals surface area contributed by atoms with E-state index in [1.165, 1.54) is 0 Å². The molecule has 1 aliphatic heterocycles. The summed E-state index contributed by atoms with van der Waals surface area (Å²) in [6.07, 6.45) is 4.96. The number of pyridine rings is 1. The van der Waals surface area contributed by atoms with Crippen molar-refractivity contribution >= 4 is 11.5 Å². The molecule has 0 amide bonds. The molecule has 0 saturated carbocycles. The maximum Gasteiger partial charge on any atom is 0.172 e. The lowest BCUT2D eigenvalue weighted by Crippen LogP contribution is -2.38. The maximum atomic E-state index is 9.61. The molecule has 4 N–H and O–H groups in total. The van der Waals surface area contributed by atoms with Crippen LogP contribution < -0.4 is 10.6 Å². The summed E-state index contributed by atoms with van der Waals surface area (Å²) in [6.45, 7) is 3.52. The van der Waals surface area contributed by atoms with E-state index in [1.54, 1.807) is 18.5 Å². The Morgan fingerprint density at radius 3 is 2.79 bits per heavy atom. The highest BCUT2D eigenvalue weighted by atomic mass is 16.4. The molecule has 0 aromatic carbocycles. The lowest BCUT2D eigenvalue weighted by Gasteiger charge is -2.35. The van der Waals surface area contributed by atoms with Crippen LogP contribution in [0.3, 0.4) is 0 Å². The summed E-state index contributed by atoms with van der Waals surface area (Å²) in [6, 6.07) is 1.74. The number of rotatable bonds is 3. The van der Waals surface area contributed by atoms with E-state index in [0.717, 1.165) is 31.6 Å². The van der Waals surface area contributed by atoms with E-state index in [1.807, 2.05) is 6.92 Å². The fourth-order valence-electron chi connectivity index (χ4n) is 2.53. The summed E-state index contributed by atoms with van der Waals surface area (Å²) in [5.41, 5.74) is 7.25. The highest BCUT2D eigenvalue weighted by Crippen LogP contribution is 2.27. The monoisotopic (exact) mass is 264 g/mol. The van der Waals surface area contributed by atoms with Gasteiger partial charge in [-0.15, -0.1) is 0 Å². The third-order valence-corrected chi connectivity index (χ3v) is 3.75. The van der Waals surface area contributed by atoms with Crippen LogP contribution in [0.15, 0.2) is 23.6 Å². The van der Waals surface area contributed by atoms with Crippen molar-refractivity contribution in [3.63, 3.8) is 0 Å². The number of oxime groups is 1. The van der Waals surface area contributed by atoms with E-state index in [4.69, 9.17) is 10.9 Å². The van der Waals surface area contributed by atoms with Gasteiger partial charge >= 0.3 is 0 Å². The molecule has 0 radical (unpaired) electrons. The van der Waals surface area contributed by atoms with Crippen LogP contribution >= 0.6 is 0 Å². The number of aromatic nitrogens is 1. The van der Waals surface area contributed by atoms with Gasteiger partial charge in [-0.2, -0.15) is 0 Å². The van der Waals surface area contributed by atoms with Crippen molar-refractivity contribution in [1.82, 2.24) is 4.98 Å². The quantitative estimate of drug-likeness (QED) is 0.324. The first-order valence-electron chi connectivity index (χ1n) is 6.48. The van der Waals surface area contributed by atoms with Crippen molar-refractivity contribution < 1.29 is 10.3 Å². The maximum absolute atomic E-state index is 9.61. The van der Waals surface area contributed by atoms with E-state index in [9.17, 15) is 5.11 Å². The molecular formula is C13H20N4O2. The van der Waals surface area contributed by atoms with Gasteiger partial charge in [-0.1, -0.05) is 5.16 Å². The van der Waals surface area contributed by atoms with Gasteiger partial charge in [-0.3, -0.25) is 4.98 Å². The van der Waals surface area contributed by atoms with Crippen molar-refractivity contribution in [1.29, 1.82) is 0 Å². The van der Waals surface area contributed by atoms with Gasteiger partial charge in [0.05, 0.1) is 18.0 Å². The third-order valence-electron chi connectivity index (χ3n) is 3.75. The molecule has 1 aromatic rings. The topological polar surface area (TPSA) is 95.0 Å². The fourth-order valence-corrected chi connectivity index (χ4v) is 2.53. The van der Waals surface area contributed by atoms with Crippen LogP contribution in [0.5, 0.6) is 0 Å². The van der Waals surface area contributed by atoms with Crippen LogP contribution in [0.25, 0.3) is 0 Å². The minimum absolute atomic E-state index is 0.0926. The fraction of sp³-hybridized carbons (Fsp3) is 0.538. The third kappa shape index (κ3) is 2.96. The largest absolute Gasteiger partial charge is 0.409 e. The average molecular weight is 264 g/mol. The van der Waals surface area contributed by atoms with Gasteiger partial charge < -0.3 is 20.9 Å². The first kappa shape index (κ1) is 13.6. The molecule has 2 rings (SSSR count). The second-order valence-corrected chi connectivity index (χ2v) is 4.94. The molecule has 1 aromatic heterocycles. The van der Waals surface area contributed by atoms with Crippen LogP contribution in [-0.2, 0) is 0 Å². The second-order valence-electron chi connectivity index (χ2n) is 4.94. The summed E-state index contributed by atoms with van der Waals surface area (Å²) in [5, 5.41) is 21.5. The average Bonchev–Trinajstić information content (AvgIpc) is 2.46. The Morgan fingerprint density at radius 2 is 2.21 bits per heavy atom. The predicted octanol–water partition coefficient (Wildman–Crippen LogP) is 0.773. The van der Waals surface area contributed by atoms with Crippen molar-refractivity contribution in [3.05, 3.63) is 24.0 Å². The molecule has 1 fully saturated rings. The molecule has 6 heteroatoms. The van der Waals surface area contributed by atoms with Gasteiger partial charge in [0, 0.05) is 24.8 Å². The number of hydrogen-bond acceptors (Lipinski definition) is 5. The second kappa shape index (κ2) is 5.88. The lowest BCUT2D eigenvalue weighted by atomic mass is 9.92. The lowest BCUT2D eigenvalue weighted by molar-refractivity contribution is 0.110. The smallest absolute Gasteiger partial charge is 0.172 e. The summed E-state index contributed by atoms with van der Waals surface area (Å²) < 4.78 is 0. The van der Waals surface area contributed by atoms with Gasteiger partial charge in [0.1, 0.15) is 0 Å².